The van der Waals surface area contributed by atoms with Crippen LogP contribution in [0.1, 0.15) is 106 Å². The van der Waals surface area contributed by atoms with Gasteiger partial charge in [0.15, 0.2) is 0 Å². The van der Waals surface area contributed by atoms with Gasteiger partial charge in [0.25, 0.3) is 0 Å². The third-order valence-electron chi connectivity index (χ3n) is 12.1. The molecule has 1 heterocycles. The van der Waals surface area contributed by atoms with Gasteiger partial charge in [0, 0.05) is 18.4 Å². The summed E-state index contributed by atoms with van der Waals surface area (Å²) in [5, 5.41) is 10.8. The molecule has 4 nitrogen and oxygen atoms in total. The predicted octanol–water partition coefficient (Wildman–Crippen LogP) is 6.76. The molecule has 5 aliphatic rings. The molecule has 3 fully saturated rings. The third-order valence-corrected chi connectivity index (χ3v) is 12.1. The molecule has 1 aliphatic heterocycles. The van der Waals surface area contributed by atoms with Crippen molar-refractivity contribution in [3.05, 3.63) is 23.3 Å². The van der Waals surface area contributed by atoms with Crippen LogP contribution in [0.2, 0.25) is 0 Å². The summed E-state index contributed by atoms with van der Waals surface area (Å²) >= 11 is 0. The van der Waals surface area contributed by atoms with Gasteiger partial charge in [0.2, 0.25) is 0 Å². The molecular formula is C31H48O4. The Hall–Kier alpha value is -1.13. The third kappa shape index (κ3) is 3.20. The van der Waals surface area contributed by atoms with Gasteiger partial charge in [-0.15, -0.1) is 0 Å². The van der Waals surface area contributed by atoms with Gasteiger partial charge in [0.05, 0.1) is 17.1 Å². The van der Waals surface area contributed by atoms with E-state index in [-0.39, 0.29) is 39.8 Å². The average molecular weight is 485 g/mol. The summed E-state index contributed by atoms with van der Waals surface area (Å²) in [4.78, 5) is 13.9. The van der Waals surface area contributed by atoms with Crippen molar-refractivity contribution in [1.29, 1.82) is 0 Å². The van der Waals surface area contributed by atoms with Crippen molar-refractivity contribution in [3.8, 4) is 0 Å². The summed E-state index contributed by atoms with van der Waals surface area (Å²) in [6, 6.07) is 0. The van der Waals surface area contributed by atoms with E-state index in [1.54, 1.807) is 7.11 Å². The van der Waals surface area contributed by atoms with Crippen LogP contribution in [0.5, 0.6) is 0 Å². The first-order valence-corrected chi connectivity index (χ1v) is 14.1. The molecule has 4 heteroatoms. The summed E-state index contributed by atoms with van der Waals surface area (Å²) in [5.41, 5.74) is 1.70. The Bertz CT molecular complexity index is 974. The van der Waals surface area contributed by atoms with E-state index in [0.717, 1.165) is 57.8 Å². The minimum atomic E-state index is -0.444. The Labute approximate surface area is 212 Å². The number of carbonyl (C=O) groups excluding carboxylic acids is 1. The van der Waals surface area contributed by atoms with Gasteiger partial charge >= 0.3 is 5.97 Å². The zero-order valence-corrected chi connectivity index (χ0v) is 23.4. The summed E-state index contributed by atoms with van der Waals surface area (Å²) in [7, 11) is 1.78. The lowest BCUT2D eigenvalue weighted by Crippen LogP contribution is -2.55. The maximum Gasteiger partial charge on any atom is 0.314 e. The maximum atomic E-state index is 13.9. The number of fused-ring (bicyclic) bond motifs is 4. The summed E-state index contributed by atoms with van der Waals surface area (Å²) in [6.07, 6.45) is 13.3. The highest BCUT2D eigenvalue weighted by Gasteiger charge is 2.74. The molecule has 196 valence electrons. The number of cyclic esters (lactones) is 1. The van der Waals surface area contributed by atoms with Crippen LogP contribution in [0.15, 0.2) is 23.3 Å². The molecule has 1 spiro atoms. The van der Waals surface area contributed by atoms with Crippen molar-refractivity contribution in [1.82, 2.24) is 0 Å². The van der Waals surface area contributed by atoms with Crippen molar-refractivity contribution in [2.45, 2.75) is 124 Å². The molecule has 0 amide bonds. The zero-order valence-electron chi connectivity index (χ0n) is 23.4. The Morgan fingerprint density at radius 3 is 2.46 bits per heavy atom. The molecule has 0 aromatic rings. The number of methoxy groups -OCH3 is 1. The molecule has 2 saturated carbocycles. The van der Waals surface area contributed by atoms with Gasteiger partial charge in [-0.3, -0.25) is 4.79 Å². The van der Waals surface area contributed by atoms with Crippen molar-refractivity contribution < 1.29 is 19.4 Å². The fourth-order valence-corrected chi connectivity index (χ4v) is 9.58. The van der Waals surface area contributed by atoms with Gasteiger partial charge < -0.3 is 14.6 Å². The van der Waals surface area contributed by atoms with Crippen molar-refractivity contribution >= 4 is 5.97 Å². The fourth-order valence-electron chi connectivity index (χ4n) is 9.58. The highest BCUT2D eigenvalue weighted by atomic mass is 16.6. The average Bonchev–Trinajstić information content (AvgIpc) is 3.22. The highest BCUT2D eigenvalue weighted by molar-refractivity contribution is 5.84. The van der Waals surface area contributed by atoms with Gasteiger partial charge in [0.1, 0.15) is 5.60 Å². The number of hydrogen-bond donors (Lipinski definition) is 1. The molecule has 7 atom stereocenters. The standard InChI is InChI=1S/C31H48O4/c1-26(2,34-8)15-9-16-30(7)23-13-18-29(6)21-10-11-22-27(3,4)24(32)14-17-28(22,5)20(21)12-19-31(23,29)25(33)35-30/h10,12,22-24,32H,9,11,13-19H2,1-8H3/t22-,23-,24-,28+,29-,30-,31-/m1/s1. The van der Waals surface area contributed by atoms with Crippen LogP contribution in [-0.4, -0.2) is 35.5 Å². The number of esters is 1. The molecule has 0 radical (unpaired) electrons. The van der Waals surface area contributed by atoms with Crippen LogP contribution < -0.4 is 0 Å². The van der Waals surface area contributed by atoms with E-state index in [9.17, 15) is 9.90 Å². The second-order valence-corrected chi connectivity index (χ2v) is 14.4. The predicted molar refractivity (Wildman–Crippen MR) is 139 cm³/mol. The Kier molecular flexibility index (Phi) is 5.61. The lowest BCUT2D eigenvalue weighted by molar-refractivity contribution is -0.158. The van der Waals surface area contributed by atoms with Crippen LogP contribution in [0, 0.1) is 33.5 Å². The van der Waals surface area contributed by atoms with Gasteiger partial charge in [-0.25, -0.2) is 0 Å². The van der Waals surface area contributed by atoms with E-state index in [2.05, 4.69) is 60.6 Å². The monoisotopic (exact) mass is 484 g/mol. The van der Waals surface area contributed by atoms with E-state index >= 15 is 0 Å². The number of aliphatic hydroxyl groups excluding tert-OH is 1. The minimum absolute atomic E-state index is 0.0406. The number of ether oxygens (including phenoxy) is 2. The number of rotatable bonds is 5. The topological polar surface area (TPSA) is 55.8 Å². The van der Waals surface area contributed by atoms with Crippen LogP contribution in [0.3, 0.4) is 0 Å². The number of hydrogen-bond acceptors (Lipinski definition) is 4. The van der Waals surface area contributed by atoms with Crippen LogP contribution in [0.25, 0.3) is 0 Å². The molecule has 0 aromatic heterocycles. The van der Waals surface area contributed by atoms with Crippen LogP contribution in [0.4, 0.5) is 0 Å². The van der Waals surface area contributed by atoms with Crippen molar-refractivity contribution in [2.24, 2.45) is 33.5 Å². The second kappa shape index (κ2) is 7.69. The second-order valence-electron chi connectivity index (χ2n) is 14.4. The molecule has 5 rings (SSSR count). The van der Waals surface area contributed by atoms with E-state index in [0.29, 0.717) is 5.92 Å². The van der Waals surface area contributed by atoms with E-state index in [1.807, 2.05) is 0 Å². The van der Waals surface area contributed by atoms with E-state index < -0.39 is 11.0 Å². The highest BCUT2D eigenvalue weighted by Crippen LogP contribution is 2.74. The number of carbonyl (C=O) groups is 1. The molecule has 0 bridgehead atoms. The largest absolute Gasteiger partial charge is 0.459 e. The molecule has 1 N–H and O–H groups in total. The molecular weight excluding hydrogens is 436 g/mol. The maximum absolute atomic E-state index is 13.9. The number of aliphatic hydroxyl groups is 1. The van der Waals surface area contributed by atoms with Crippen molar-refractivity contribution in [2.75, 3.05) is 7.11 Å². The Morgan fingerprint density at radius 2 is 1.77 bits per heavy atom. The van der Waals surface area contributed by atoms with Gasteiger partial charge in [-0.1, -0.05) is 39.8 Å². The first kappa shape index (κ1) is 25.5. The van der Waals surface area contributed by atoms with Gasteiger partial charge in [-0.05, 0) is 106 Å². The summed E-state index contributed by atoms with van der Waals surface area (Å²) < 4.78 is 12.0. The first-order valence-electron chi connectivity index (χ1n) is 14.1. The van der Waals surface area contributed by atoms with E-state index in [4.69, 9.17) is 9.47 Å². The lowest BCUT2D eigenvalue weighted by Gasteiger charge is -2.60. The number of allylic oxidation sites excluding steroid dienone is 4. The van der Waals surface area contributed by atoms with E-state index in [1.165, 1.54) is 11.1 Å². The molecule has 4 aliphatic carbocycles. The SMILES string of the molecule is COC(C)(C)CCC[C@@]1(C)OC(=O)[C@]23CC=C4C(=CC[C@@H]5C(C)(C)[C@H](O)CC[C@@]45C)[C@@]2(C)CC[C@H]13. The molecule has 0 unspecified atom stereocenters. The Balaban J connectivity index is 1.49. The normalized spacial score (nSPS) is 46.1. The summed E-state index contributed by atoms with van der Waals surface area (Å²) in [5.74, 6) is 0.722. The Morgan fingerprint density at radius 1 is 1.06 bits per heavy atom. The van der Waals surface area contributed by atoms with Crippen LogP contribution in [-0.2, 0) is 14.3 Å². The fraction of sp³-hybridized carbons (Fsp3) is 0.839. The smallest absolute Gasteiger partial charge is 0.314 e. The molecule has 35 heavy (non-hydrogen) atoms. The van der Waals surface area contributed by atoms with Gasteiger partial charge in [-0.2, -0.15) is 0 Å². The first-order chi connectivity index (χ1) is 16.2. The molecule has 0 aromatic carbocycles. The zero-order chi connectivity index (χ0) is 25.7. The minimum Gasteiger partial charge on any atom is -0.459 e. The molecule has 1 saturated heterocycles. The quantitative estimate of drug-likeness (QED) is 0.438. The van der Waals surface area contributed by atoms with Crippen molar-refractivity contribution in [3.63, 3.8) is 0 Å². The lowest BCUT2D eigenvalue weighted by atomic mass is 9.44. The van der Waals surface area contributed by atoms with Crippen LogP contribution >= 0.6 is 0 Å². The summed E-state index contributed by atoms with van der Waals surface area (Å²) in [6.45, 7) is 15.8.